The van der Waals surface area contributed by atoms with Crippen molar-refractivity contribution in [3.05, 3.63) is 89.9 Å². The Balaban J connectivity index is 0.000000185. The SMILES string of the molecule is CC1(C)OB(c2cccc(N)c2)OC1(C)C.CC1(C)OB(c2cccc(Nc3ccnc(C#N)n3)c2)OC1(C)C.N#Cc1nccc(Cl)n1. The molecule has 0 atom stereocenters. The van der Waals surface area contributed by atoms with Crippen molar-refractivity contribution < 1.29 is 18.6 Å². The van der Waals surface area contributed by atoms with Crippen LogP contribution in [0.5, 0.6) is 0 Å². The van der Waals surface area contributed by atoms with E-state index in [0.29, 0.717) is 11.0 Å². The van der Waals surface area contributed by atoms with E-state index in [1.165, 1.54) is 12.3 Å². The lowest BCUT2D eigenvalue weighted by Gasteiger charge is -2.32. The minimum absolute atomic E-state index is 0.0995. The summed E-state index contributed by atoms with van der Waals surface area (Å²) in [4.78, 5) is 15.2. The van der Waals surface area contributed by atoms with E-state index >= 15 is 0 Å². The van der Waals surface area contributed by atoms with Crippen LogP contribution in [-0.4, -0.2) is 56.6 Å². The fourth-order valence-corrected chi connectivity index (χ4v) is 4.58. The Morgan fingerprint density at radius 3 is 1.61 bits per heavy atom. The summed E-state index contributed by atoms with van der Waals surface area (Å²) in [5, 5.41) is 20.6. The second-order valence-electron chi connectivity index (χ2n) is 13.3. The summed E-state index contributed by atoms with van der Waals surface area (Å²) in [5.74, 6) is 0.789. The monoisotopic (exact) mass is 680 g/mol. The van der Waals surface area contributed by atoms with Gasteiger partial charge in [0.25, 0.3) is 0 Å². The van der Waals surface area contributed by atoms with Crippen LogP contribution in [0.2, 0.25) is 5.15 Å². The van der Waals surface area contributed by atoms with Crippen LogP contribution in [-0.2, 0) is 18.6 Å². The summed E-state index contributed by atoms with van der Waals surface area (Å²) in [5.41, 5.74) is 7.85. The van der Waals surface area contributed by atoms with Crippen LogP contribution >= 0.6 is 11.6 Å². The minimum Gasteiger partial charge on any atom is -0.399 e. The second kappa shape index (κ2) is 14.9. The van der Waals surface area contributed by atoms with E-state index in [2.05, 4.69) is 25.3 Å². The normalized spacial score (nSPS) is 17.8. The first kappa shape index (κ1) is 37.3. The van der Waals surface area contributed by atoms with Gasteiger partial charge in [0.05, 0.1) is 22.4 Å². The predicted octanol–water partition coefficient (Wildman–Crippen LogP) is 4.96. The number of benzene rings is 2. The van der Waals surface area contributed by atoms with Gasteiger partial charge < -0.3 is 29.7 Å². The van der Waals surface area contributed by atoms with E-state index in [1.54, 1.807) is 18.3 Å². The minimum atomic E-state index is -0.420. The number of anilines is 3. The largest absolute Gasteiger partial charge is 0.494 e. The Labute approximate surface area is 293 Å². The Kier molecular flexibility index (Phi) is 11.3. The number of rotatable bonds is 4. The van der Waals surface area contributed by atoms with Crippen LogP contribution in [0.4, 0.5) is 17.2 Å². The number of hydrogen-bond acceptors (Lipinski definition) is 12. The first-order chi connectivity index (χ1) is 22.9. The van der Waals surface area contributed by atoms with Gasteiger partial charge in [-0.25, -0.2) is 19.9 Å². The fourth-order valence-electron chi connectivity index (χ4n) is 4.45. The Hall–Kier alpha value is -4.56. The van der Waals surface area contributed by atoms with E-state index in [4.69, 9.17) is 46.5 Å². The molecular weight excluding hydrogens is 642 g/mol. The quantitative estimate of drug-likeness (QED) is 0.169. The average Bonchev–Trinajstić information content (AvgIpc) is 3.41. The molecular formula is C34H39B2ClN8O4. The highest BCUT2D eigenvalue weighted by atomic mass is 35.5. The maximum atomic E-state index is 8.88. The third-order valence-corrected chi connectivity index (χ3v) is 8.81. The van der Waals surface area contributed by atoms with Gasteiger partial charge in [0, 0.05) is 23.8 Å². The molecule has 0 saturated carbocycles. The van der Waals surface area contributed by atoms with Crippen LogP contribution in [0.1, 0.15) is 67.0 Å². The summed E-state index contributed by atoms with van der Waals surface area (Å²) in [6, 6.07) is 22.3. The van der Waals surface area contributed by atoms with E-state index < -0.39 is 7.12 Å². The van der Waals surface area contributed by atoms with E-state index in [-0.39, 0.29) is 41.2 Å². The van der Waals surface area contributed by atoms with Crippen molar-refractivity contribution in [2.24, 2.45) is 0 Å². The first-order valence-electron chi connectivity index (χ1n) is 15.5. The van der Waals surface area contributed by atoms with Crippen LogP contribution in [0.25, 0.3) is 0 Å². The van der Waals surface area contributed by atoms with Gasteiger partial charge in [0.1, 0.15) is 23.1 Å². The fraction of sp³-hybridized carbons (Fsp3) is 0.353. The molecule has 0 aliphatic carbocycles. The van der Waals surface area contributed by atoms with Gasteiger partial charge in [-0.2, -0.15) is 10.5 Å². The molecule has 2 aromatic heterocycles. The lowest BCUT2D eigenvalue weighted by Crippen LogP contribution is -2.41. The molecule has 2 saturated heterocycles. The van der Waals surface area contributed by atoms with E-state index in [1.807, 2.05) is 110 Å². The van der Waals surface area contributed by atoms with Gasteiger partial charge in [0.15, 0.2) is 0 Å². The van der Waals surface area contributed by atoms with Crippen LogP contribution < -0.4 is 22.0 Å². The number of nitrogens with one attached hydrogen (secondary N) is 1. The molecule has 15 heteroatoms. The molecule has 4 heterocycles. The number of halogens is 1. The topological polar surface area (TPSA) is 174 Å². The van der Waals surface area contributed by atoms with Gasteiger partial charge >= 0.3 is 14.2 Å². The highest BCUT2D eigenvalue weighted by molar-refractivity contribution is 6.62. The molecule has 6 rings (SSSR count). The molecule has 2 aliphatic rings. The van der Waals surface area contributed by atoms with Crippen LogP contribution in [0.3, 0.4) is 0 Å². The zero-order chi connectivity index (χ0) is 36.0. The lowest BCUT2D eigenvalue weighted by molar-refractivity contribution is 0.00578. The molecule has 0 amide bonds. The Morgan fingerprint density at radius 2 is 1.14 bits per heavy atom. The number of aromatic nitrogens is 4. The first-order valence-corrected chi connectivity index (χ1v) is 15.9. The molecule has 2 aliphatic heterocycles. The maximum Gasteiger partial charge on any atom is 0.494 e. The lowest BCUT2D eigenvalue weighted by atomic mass is 9.79. The maximum absolute atomic E-state index is 8.88. The third-order valence-electron chi connectivity index (χ3n) is 8.60. The van der Waals surface area contributed by atoms with Crippen molar-refractivity contribution in [2.75, 3.05) is 11.1 Å². The summed E-state index contributed by atoms with van der Waals surface area (Å²) in [6.07, 6.45) is 2.99. The summed E-state index contributed by atoms with van der Waals surface area (Å²) >= 11 is 5.42. The molecule has 0 bridgehead atoms. The number of nitrogens with zero attached hydrogens (tertiary/aromatic N) is 6. The van der Waals surface area contributed by atoms with E-state index in [9.17, 15) is 0 Å². The summed E-state index contributed by atoms with van der Waals surface area (Å²) in [6.45, 7) is 16.3. The molecule has 0 radical (unpaired) electrons. The van der Waals surface area contributed by atoms with Crippen LogP contribution in [0.15, 0.2) is 73.1 Å². The van der Waals surface area contributed by atoms with Gasteiger partial charge in [-0.15, -0.1) is 0 Å². The second-order valence-corrected chi connectivity index (χ2v) is 13.7. The van der Waals surface area contributed by atoms with Gasteiger partial charge in [-0.05, 0) is 103 Å². The number of hydrogen-bond donors (Lipinski definition) is 2. The van der Waals surface area contributed by atoms with Crippen molar-refractivity contribution in [1.82, 2.24) is 19.9 Å². The van der Waals surface area contributed by atoms with Crippen molar-refractivity contribution in [3.8, 4) is 12.1 Å². The summed E-state index contributed by atoms with van der Waals surface area (Å²) < 4.78 is 24.0. The van der Waals surface area contributed by atoms with E-state index in [0.717, 1.165) is 22.3 Å². The third kappa shape index (κ3) is 9.33. The number of nitriles is 2. The molecule has 0 unspecified atom stereocenters. The molecule has 3 N–H and O–H groups in total. The zero-order valence-electron chi connectivity index (χ0n) is 28.9. The number of nitrogens with two attached hydrogens (primary N) is 1. The predicted molar refractivity (Wildman–Crippen MR) is 191 cm³/mol. The van der Waals surface area contributed by atoms with Crippen molar-refractivity contribution in [3.63, 3.8) is 0 Å². The summed E-state index contributed by atoms with van der Waals surface area (Å²) in [7, 11) is -0.745. The zero-order valence-corrected chi connectivity index (χ0v) is 29.6. The molecule has 252 valence electrons. The molecule has 49 heavy (non-hydrogen) atoms. The standard InChI is InChI=1S/C17H19BN4O2.C12H18BNO2.C5H2ClN3/c1-16(2)17(3,4)24-18(23-16)12-6-5-7-13(10-12)21-14-8-9-20-15(11-19)22-14;1-11(2)12(3,4)16-13(15-11)9-6-5-7-10(14)8-9;6-4-1-2-8-5(3-7)9-4/h5-10H,1-4H3,(H,20,21,22);5-8H,14H2,1-4H3;1-2H. The molecule has 4 aromatic rings. The molecule has 2 fully saturated rings. The molecule has 0 spiro atoms. The van der Waals surface area contributed by atoms with Gasteiger partial charge in [-0.1, -0.05) is 35.9 Å². The van der Waals surface area contributed by atoms with Crippen molar-refractivity contribution in [1.29, 1.82) is 10.5 Å². The number of nitrogen functional groups attached to an aromatic ring is 1. The Morgan fingerprint density at radius 1 is 0.673 bits per heavy atom. The van der Waals surface area contributed by atoms with Gasteiger partial charge in [0.2, 0.25) is 11.6 Å². The smallest absolute Gasteiger partial charge is 0.399 e. The highest BCUT2D eigenvalue weighted by Gasteiger charge is 2.52. The molecule has 12 nitrogen and oxygen atoms in total. The van der Waals surface area contributed by atoms with Crippen molar-refractivity contribution >= 4 is 54.0 Å². The van der Waals surface area contributed by atoms with Crippen molar-refractivity contribution in [2.45, 2.75) is 77.8 Å². The highest BCUT2D eigenvalue weighted by Crippen LogP contribution is 2.37. The van der Waals surface area contributed by atoms with Gasteiger partial charge in [-0.3, -0.25) is 0 Å². The average molecular weight is 681 g/mol. The van der Waals surface area contributed by atoms with Crippen LogP contribution in [0, 0.1) is 22.7 Å². The Bertz CT molecular complexity index is 1830. The molecule has 2 aromatic carbocycles.